The fourth-order valence-electron chi connectivity index (χ4n) is 5.10. The summed E-state index contributed by atoms with van der Waals surface area (Å²) in [4.78, 5) is 0. The van der Waals surface area contributed by atoms with E-state index >= 15 is 0 Å². The number of hydrogen-bond donors (Lipinski definition) is 6. The van der Waals surface area contributed by atoms with Crippen molar-refractivity contribution >= 4 is 0 Å². The molecule has 6 rings (SSSR count). The Hall–Kier alpha value is -5.12. The van der Waals surface area contributed by atoms with E-state index in [2.05, 4.69) is 0 Å². The fraction of sp³-hybridized carbons (Fsp3) is 0.200. The lowest BCUT2D eigenvalue weighted by molar-refractivity contribution is 0.171. The summed E-state index contributed by atoms with van der Waals surface area (Å²) >= 11 is 0. The number of phenolic OH excluding ortho intramolecular Hbond substituents is 6. The van der Waals surface area contributed by atoms with Crippen LogP contribution in [0.25, 0.3) is 11.1 Å². The Morgan fingerprint density at radius 1 is 0.425 bits per heavy atom. The predicted octanol–water partition coefficient (Wildman–Crippen LogP) is 4.62. The zero-order valence-electron chi connectivity index (χ0n) is 21.2. The van der Waals surface area contributed by atoms with Crippen LogP contribution in [-0.2, 0) is 25.7 Å². The lowest BCUT2D eigenvalue weighted by Crippen LogP contribution is -1.99. The molecular formula is C30H26O10. The van der Waals surface area contributed by atoms with Gasteiger partial charge in [0.05, 0.1) is 0 Å². The fourth-order valence-corrected chi connectivity index (χ4v) is 5.10. The minimum atomic E-state index is -0.335. The molecule has 0 atom stereocenters. The standard InChI is InChI=1S/C30H26O10/c31-21-9-17(3-1-15-5-25(35)29-27(7-15)37-13-39-29)19(11-23(21)33)20-12-24(34)22(32)10-18(20)4-2-16-6-26(36)30-28(8-16)38-14-40-30/h5-12,31-36H,1-4,13-14H2. The van der Waals surface area contributed by atoms with Crippen molar-refractivity contribution in [1.82, 2.24) is 0 Å². The summed E-state index contributed by atoms with van der Waals surface area (Å²) in [6.45, 7) is 0.0582. The van der Waals surface area contributed by atoms with Crippen molar-refractivity contribution in [2.24, 2.45) is 0 Å². The molecular weight excluding hydrogens is 520 g/mol. The number of aryl methyl sites for hydroxylation is 4. The SMILES string of the molecule is Oc1cc(CCc2cc(O)c3c(c2)OCO3)c(-c2cc(O)c(O)cc2CCc2cc(O)c3c(c2)OCO3)cc1O. The van der Waals surface area contributed by atoms with Crippen LogP contribution in [0.15, 0.2) is 48.5 Å². The normalized spacial score (nSPS) is 13.1. The molecule has 0 aliphatic carbocycles. The quantitative estimate of drug-likeness (QED) is 0.181. The highest BCUT2D eigenvalue weighted by molar-refractivity contribution is 5.76. The Morgan fingerprint density at radius 3 is 1.25 bits per heavy atom. The molecule has 0 unspecified atom stereocenters. The number of rotatable bonds is 7. The smallest absolute Gasteiger partial charge is 0.231 e. The first-order valence-electron chi connectivity index (χ1n) is 12.6. The third-order valence-corrected chi connectivity index (χ3v) is 7.08. The molecule has 206 valence electrons. The highest BCUT2D eigenvalue weighted by Gasteiger charge is 2.22. The lowest BCUT2D eigenvalue weighted by atomic mass is 9.89. The van der Waals surface area contributed by atoms with Gasteiger partial charge >= 0.3 is 0 Å². The van der Waals surface area contributed by atoms with Gasteiger partial charge in [0.1, 0.15) is 0 Å². The van der Waals surface area contributed by atoms with Crippen LogP contribution in [-0.4, -0.2) is 44.2 Å². The van der Waals surface area contributed by atoms with E-state index in [1.807, 2.05) is 0 Å². The van der Waals surface area contributed by atoms with Crippen molar-refractivity contribution < 1.29 is 49.6 Å². The van der Waals surface area contributed by atoms with E-state index < -0.39 is 0 Å². The number of hydrogen-bond acceptors (Lipinski definition) is 10. The second kappa shape index (κ2) is 9.88. The third kappa shape index (κ3) is 4.64. The van der Waals surface area contributed by atoms with Crippen molar-refractivity contribution in [2.45, 2.75) is 25.7 Å². The lowest BCUT2D eigenvalue weighted by Gasteiger charge is -2.17. The van der Waals surface area contributed by atoms with E-state index in [1.165, 1.54) is 24.3 Å². The summed E-state index contributed by atoms with van der Waals surface area (Å²) in [6.07, 6.45) is 1.72. The minimum absolute atomic E-state index is 0.0286. The molecule has 2 heterocycles. The largest absolute Gasteiger partial charge is 0.504 e. The van der Waals surface area contributed by atoms with Gasteiger partial charge in [0.2, 0.25) is 25.1 Å². The molecule has 40 heavy (non-hydrogen) atoms. The second-order valence-corrected chi connectivity index (χ2v) is 9.69. The van der Waals surface area contributed by atoms with E-state index in [1.54, 1.807) is 24.3 Å². The zero-order chi connectivity index (χ0) is 28.0. The van der Waals surface area contributed by atoms with Gasteiger partial charge in [-0.3, -0.25) is 0 Å². The predicted molar refractivity (Wildman–Crippen MR) is 142 cm³/mol. The van der Waals surface area contributed by atoms with Gasteiger partial charge in [-0.2, -0.15) is 0 Å². The Bertz CT molecular complexity index is 1510. The highest BCUT2D eigenvalue weighted by Crippen LogP contribution is 2.44. The third-order valence-electron chi connectivity index (χ3n) is 7.08. The number of phenols is 6. The number of fused-ring (bicyclic) bond motifs is 2. The molecule has 0 fully saturated rings. The van der Waals surface area contributed by atoms with Crippen molar-refractivity contribution in [2.75, 3.05) is 13.6 Å². The number of ether oxygens (including phenoxy) is 4. The van der Waals surface area contributed by atoms with E-state index in [4.69, 9.17) is 18.9 Å². The van der Waals surface area contributed by atoms with Gasteiger partial charge < -0.3 is 49.6 Å². The van der Waals surface area contributed by atoms with Crippen molar-refractivity contribution in [3.63, 3.8) is 0 Å². The molecule has 6 N–H and O–H groups in total. The van der Waals surface area contributed by atoms with Crippen molar-refractivity contribution in [1.29, 1.82) is 0 Å². The average molecular weight is 547 g/mol. The summed E-state index contributed by atoms with van der Waals surface area (Å²) in [5.41, 5.74) is 3.99. The van der Waals surface area contributed by atoms with Gasteiger partial charge in [-0.1, -0.05) is 0 Å². The molecule has 4 aromatic carbocycles. The molecule has 2 aliphatic rings. The topological polar surface area (TPSA) is 158 Å². The second-order valence-electron chi connectivity index (χ2n) is 9.69. The monoisotopic (exact) mass is 546 g/mol. The maximum atomic E-state index is 10.4. The summed E-state index contributed by atoms with van der Waals surface area (Å²) < 4.78 is 21.3. The zero-order valence-corrected chi connectivity index (χ0v) is 21.2. The molecule has 0 radical (unpaired) electrons. The van der Waals surface area contributed by atoms with Crippen LogP contribution in [0.2, 0.25) is 0 Å². The van der Waals surface area contributed by atoms with Gasteiger partial charge in [0.15, 0.2) is 46.0 Å². The molecule has 0 saturated carbocycles. The van der Waals surface area contributed by atoms with Gasteiger partial charge in [-0.25, -0.2) is 0 Å². The summed E-state index contributed by atoms with van der Waals surface area (Å²) in [5, 5.41) is 61.9. The molecule has 0 spiro atoms. The van der Waals surface area contributed by atoms with E-state index in [-0.39, 0.29) is 48.1 Å². The van der Waals surface area contributed by atoms with Crippen molar-refractivity contribution in [3.8, 4) is 68.6 Å². The number of aromatic hydroxyl groups is 6. The molecule has 4 aromatic rings. The summed E-state index contributed by atoms with van der Waals surface area (Å²) in [7, 11) is 0. The molecule has 10 nitrogen and oxygen atoms in total. The minimum Gasteiger partial charge on any atom is -0.504 e. The summed E-state index contributed by atoms with van der Waals surface area (Å²) in [6, 6.07) is 12.5. The van der Waals surface area contributed by atoms with Gasteiger partial charge in [0, 0.05) is 0 Å². The molecule has 0 saturated heterocycles. The van der Waals surface area contributed by atoms with Crippen LogP contribution in [0.3, 0.4) is 0 Å². The van der Waals surface area contributed by atoms with E-state index in [0.29, 0.717) is 70.9 Å². The molecule has 0 aromatic heterocycles. The van der Waals surface area contributed by atoms with Gasteiger partial charge in [-0.15, -0.1) is 0 Å². The Morgan fingerprint density at radius 2 is 0.825 bits per heavy atom. The average Bonchev–Trinajstić information content (AvgIpc) is 3.60. The van der Waals surface area contributed by atoms with Crippen LogP contribution in [0.5, 0.6) is 57.5 Å². The molecule has 10 heteroatoms. The van der Waals surface area contributed by atoms with Crippen molar-refractivity contribution in [3.05, 3.63) is 70.8 Å². The van der Waals surface area contributed by atoms with E-state index in [0.717, 1.165) is 11.1 Å². The van der Waals surface area contributed by atoms with Crippen LogP contribution in [0.4, 0.5) is 0 Å². The maximum Gasteiger partial charge on any atom is 0.231 e. The summed E-state index contributed by atoms with van der Waals surface area (Å²) in [5.74, 6) is 0.169. The molecule has 0 amide bonds. The highest BCUT2D eigenvalue weighted by atomic mass is 16.7. The van der Waals surface area contributed by atoms with Crippen LogP contribution >= 0.6 is 0 Å². The van der Waals surface area contributed by atoms with Gasteiger partial charge in [0.25, 0.3) is 0 Å². The van der Waals surface area contributed by atoms with Crippen LogP contribution < -0.4 is 18.9 Å². The molecule has 0 bridgehead atoms. The molecule has 2 aliphatic heterocycles. The first-order valence-corrected chi connectivity index (χ1v) is 12.6. The van der Waals surface area contributed by atoms with Crippen LogP contribution in [0, 0.1) is 0 Å². The first kappa shape index (κ1) is 25.2. The maximum absolute atomic E-state index is 10.4. The Balaban J connectivity index is 1.33. The Labute approximate surface area is 228 Å². The first-order chi connectivity index (χ1) is 19.3. The van der Waals surface area contributed by atoms with E-state index in [9.17, 15) is 30.6 Å². The Kier molecular flexibility index (Phi) is 6.22. The van der Waals surface area contributed by atoms with Crippen LogP contribution in [0.1, 0.15) is 22.3 Å². The number of benzene rings is 4. The van der Waals surface area contributed by atoms with Gasteiger partial charge in [-0.05, 0) is 108 Å².